The van der Waals surface area contributed by atoms with E-state index < -0.39 is 29.3 Å². The molecule has 1 N–H and O–H groups in total. The molecular formula is C21H17FN2O5S. The van der Waals surface area contributed by atoms with Crippen LogP contribution in [0.15, 0.2) is 29.6 Å². The number of amides is 3. The van der Waals surface area contributed by atoms with Gasteiger partial charge in [-0.2, -0.15) is 0 Å². The van der Waals surface area contributed by atoms with Gasteiger partial charge in [0, 0.05) is 35.2 Å². The van der Waals surface area contributed by atoms with E-state index in [2.05, 4.69) is 5.32 Å². The Kier molecular flexibility index (Phi) is 5.29. The summed E-state index contributed by atoms with van der Waals surface area (Å²) in [7, 11) is 0. The van der Waals surface area contributed by atoms with Gasteiger partial charge in [-0.1, -0.05) is 0 Å². The quantitative estimate of drug-likeness (QED) is 0.431. The molecule has 0 radical (unpaired) electrons. The Bertz CT molecular complexity index is 1080. The van der Waals surface area contributed by atoms with E-state index in [0.717, 1.165) is 22.6 Å². The smallest absolute Gasteiger partial charge is 0.256 e. The number of imide groups is 1. The Morgan fingerprint density at radius 2 is 1.90 bits per heavy atom. The summed E-state index contributed by atoms with van der Waals surface area (Å²) in [6.45, 7) is 0.235. The average Bonchev–Trinajstić information content (AvgIpc) is 3.26. The molecular weight excluding hydrogens is 411 g/mol. The van der Waals surface area contributed by atoms with Crippen LogP contribution in [0.3, 0.4) is 0 Å². The molecule has 154 valence electrons. The number of ketones is 2. The number of piperidine rings is 1. The van der Waals surface area contributed by atoms with E-state index in [4.69, 9.17) is 0 Å². The molecule has 1 unspecified atom stereocenters. The van der Waals surface area contributed by atoms with Crippen LogP contribution in [-0.2, 0) is 27.3 Å². The topological polar surface area (TPSA) is 101 Å². The number of hydrogen-bond donors (Lipinski definition) is 1. The van der Waals surface area contributed by atoms with Gasteiger partial charge < -0.3 is 4.90 Å². The number of nitrogens with one attached hydrogen (secondary N) is 1. The van der Waals surface area contributed by atoms with E-state index in [1.165, 1.54) is 28.4 Å². The van der Waals surface area contributed by atoms with Gasteiger partial charge in [-0.25, -0.2) is 4.39 Å². The highest BCUT2D eigenvalue weighted by atomic mass is 32.1. The highest BCUT2D eigenvalue weighted by Crippen LogP contribution is 2.34. The largest absolute Gasteiger partial charge is 0.322 e. The van der Waals surface area contributed by atoms with Gasteiger partial charge >= 0.3 is 0 Å². The summed E-state index contributed by atoms with van der Waals surface area (Å²) in [6.07, 6.45) is 0.724. The molecule has 0 saturated carbocycles. The maximum Gasteiger partial charge on any atom is 0.256 e. The van der Waals surface area contributed by atoms with Crippen molar-refractivity contribution in [2.75, 3.05) is 0 Å². The molecule has 30 heavy (non-hydrogen) atoms. The molecule has 9 heteroatoms. The van der Waals surface area contributed by atoms with Gasteiger partial charge in [0.05, 0.1) is 5.56 Å². The highest BCUT2D eigenvalue weighted by Gasteiger charge is 2.40. The number of fused-ring (bicyclic) bond motifs is 1. The number of thiophene rings is 1. The predicted molar refractivity (Wildman–Crippen MR) is 104 cm³/mol. The fourth-order valence-electron chi connectivity index (χ4n) is 3.72. The number of nitrogens with zero attached hydrogens (tertiary/aromatic N) is 1. The van der Waals surface area contributed by atoms with E-state index in [9.17, 15) is 28.4 Å². The van der Waals surface area contributed by atoms with Crippen molar-refractivity contribution < 1.29 is 28.4 Å². The number of Topliss-reactive ketones (excluding diaryl/α,β-unsaturated/α-hetero) is 2. The molecule has 1 aromatic carbocycles. The first kappa shape index (κ1) is 20.1. The van der Waals surface area contributed by atoms with E-state index >= 15 is 0 Å². The number of carbonyl (C=O) groups excluding carboxylic acids is 5. The third kappa shape index (κ3) is 3.68. The Labute approximate surface area is 174 Å². The SMILES string of the molecule is O=C1CCC(N2Cc3c(csc3CCC(=O)C(=O)c3ccc(F)cc3)C2=O)C(=O)N1. The first-order valence-corrected chi connectivity index (χ1v) is 10.3. The lowest BCUT2D eigenvalue weighted by Crippen LogP contribution is -2.52. The predicted octanol–water partition coefficient (Wildman–Crippen LogP) is 2.03. The minimum absolute atomic E-state index is 0.0320. The van der Waals surface area contributed by atoms with Gasteiger partial charge in [0.2, 0.25) is 23.4 Å². The van der Waals surface area contributed by atoms with E-state index in [-0.39, 0.29) is 43.2 Å². The van der Waals surface area contributed by atoms with Crippen LogP contribution in [-0.4, -0.2) is 40.2 Å². The maximum absolute atomic E-state index is 13.0. The van der Waals surface area contributed by atoms with Crippen LogP contribution in [0.25, 0.3) is 0 Å². The van der Waals surface area contributed by atoms with Crippen LogP contribution >= 0.6 is 11.3 Å². The Balaban J connectivity index is 1.42. The molecule has 2 aliphatic rings. The van der Waals surface area contributed by atoms with Gasteiger partial charge in [-0.05, 0) is 42.7 Å². The van der Waals surface area contributed by atoms with Crippen molar-refractivity contribution in [3.05, 3.63) is 57.0 Å². The van der Waals surface area contributed by atoms with Crippen molar-refractivity contribution in [1.82, 2.24) is 10.2 Å². The zero-order valence-corrected chi connectivity index (χ0v) is 16.6. The zero-order valence-electron chi connectivity index (χ0n) is 15.8. The molecule has 0 aliphatic carbocycles. The fraction of sp³-hybridized carbons (Fsp3) is 0.286. The molecule has 0 bridgehead atoms. The summed E-state index contributed by atoms with van der Waals surface area (Å²) in [4.78, 5) is 62.9. The number of carbonyl (C=O) groups is 5. The Morgan fingerprint density at radius 1 is 1.17 bits per heavy atom. The molecule has 1 saturated heterocycles. The summed E-state index contributed by atoms with van der Waals surface area (Å²) in [5, 5.41) is 3.96. The summed E-state index contributed by atoms with van der Waals surface area (Å²) in [6, 6.07) is 4.11. The number of halogens is 1. The van der Waals surface area contributed by atoms with E-state index in [1.807, 2.05) is 0 Å². The highest BCUT2D eigenvalue weighted by molar-refractivity contribution is 7.10. The minimum Gasteiger partial charge on any atom is -0.322 e. The van der Waals surface area contributed by atoms with Crippen molar-refractivity contribution in [2.45, 2.75) is 38.3 Å². The number of aryl methyl sites for hydroxylation is 1. The number of rotatable bonds is 6. The molecule has 2 aliphatic heterocycles. The second-order valence-corrected chi connectivity index (χ2v) is 8.17. The van der Waals surface area contributed by atoms with E-state index in [1.54, 1.807) is 5.38 Å². The Morgan fingerprint density at radius 3 is 2.60 bits per heavy atom. The molecule has 1 aromatic heterocycles. The van der Waals surface area contributed by atoms with Gasteiger partial charge in [0.1, 0.15) is 11.9 Å². The van der Waals surface area contributed by atoms with Crippen LogP contribution < -0.4 is 5.32 Å². The van der Waals surface area contributed by atoms with Crippen molar-refractivity contribution in [3.63, 3.8) is 0 Å². The number of hydrogen-bond acceptors (Lipinski definition) is 6. The molecule has 7 nitrogen and oxygen atoms in total. The van der Waals surface area contributed by atoms with Gasteiger partial charge in [0.25, 0.3) is 5.91 Å². The normalized spacial score (nSPS) is 18.4. The van der Waals surface area contributed by atoms with Crippen LogP contribution in [0.1, 0.15) is 50.4 Å². The molecule has 2 aromatic rings. The van der Waals surface area contributed by atoms with Crippen molar-refractivity contribution in [3.8, 4) is 0 Å². The monoisotopic (exact) mass is 428 g/mol. The standard InChI is InChI=1S/C21H17FN2O5S/c22-12-3-1-11(2-4-12)19(27)16(25)6-7-17-13-9-24(21(29)14(13)10-30-17)15-5-8-18(26)23-20(15)28/h1-4,10,15H,5-9H2,(H,23,26,28). The van der Waals surface area contributed by atoms with Crippen LogP contribution in [0.2, 0.25) is 0 Å². The van der Waals surface area contributed by atoms with Gasteiger partial charge in [-0.3, -0.25) is 29.3 Å². The van der Waals surface area contributed by atoms with E-state index in [0.29, 0.717) is 12.0 Å². The molecule has 0 spiro atoms. The summed E-state index contributed by atoms with van der Waals surface area (Å²) in [5.41, 5.74) is 1.39. The summed E-state index contributed by atoms with van der Waals surface area (Å²) in [5.74, 6) is -2.84. The second kappa shape index (κ2) is 7.91. The van der Waals surface area contributed by atoms with Crippen molar-refractivity contribution in [2.24, 2.45) is 0 Å². The third-order valence-electron chi connectivity index (χ3n) is 5.33. The lowest BCUT2D eigenvalue weighted by atomic mass is 10.0. The first-order chi connectivity index (χ1) is 14.3. The third-order valence-corrected chi connectivity index (χ3v) is 6.41. The Hall–Kier alpha value is -3.20. The zero-order chi connectivity index (χ0) is 21.4. The van der Waals surface area contributed by atoms with Crippen LogP contribution in [0.4, 0.5) is 4.39 Å². The molecule has 1 fully saturated rings. The van der Waals surface area contributed by atoms with Crippen LogP contribution in [0.5, 0.6) is 0 Å². The molecule has 1 atom stereocenters. The summed E-state index contributed by atoms with van der Waals surface area (Å²) < 4.78 is 13.0. The molecule has 4 rings (SSSR count). The fourth-order valence-corrected chi connectivity index (χ4v) is 4.76. The van der Waals surface area contributed by atoms with Crippen molar-refractivity contribution >= 4 is 40.6 Å². The lowest BCUT2D eigenvalue weighted by molar-refractivity contribution is -0.136. The average molecular weight is 428 g/mol. The lowest BCUT2D eigenvalue weighted by Gasteiger charge is -2.29. The minimum atomic E-state index is -0.692. The van der Waals surface area contributed by atoms with Gasteiger partial charge in [-0.15, -0.1) is 11.3 Å². The molecule has 3 amide bonds. The molecule has 3 heterocycles. The van der Waals surface area contributed by atoms with Gasteiger partial charge in [0.15, 0.2) is 0 Å². The van der Waals surface area contributed by atoms with Crippen molar-refractivity contribution in [1.29, 1.82) is 0 Å². The summed E-state index contributed by atoms with van der Waals surface area (Å²) >= 11 is 1.34. The maximum atomic E-state index is 13.0. The number of benzene rings is 1. The van der Waals surface area contributed by atoms with Crippen LogP contribution in [0, 0.1) is 5.82 Å². The first-order valence-electron chi connectivity index (χ1n) is 9.42. The second-order valence-electron chi connectivity index (χ2n) is 7.21.